The molecule has 2 N–H and O–H groups in total. The van der Waals surface area contributed by atoms with Crippen molar-refractivity contribution < 1.29 is 15.0 Å². The summed E-state index contributed by atoms with van der Waals surface area (Å²) < 4.78 is 0. The zero-order valence-electron chi connectivity index (χ0n) is 12.7. The molecule has 0 aliphatic carbocycles. The van der Waals surface area contributed by atoms with Gasteiger partial charge in [0, 0.05) is 19.5 Å². The number of aryl methyl sites for hydroxylation is 1. The maximum Gasteiger partial charge on any atom is 0.264 e. The molecule has 1 aromatic rings. The molecular weight excluding hydrogens is 286 g/mol. The zero-order chi connectivity index (χ0) is 15.7. The van der Waals surface area contributed by atoms with Crippen LogP contribution in [-0.2, 0) is 0 Å². The number of aliphatic hydroxyl groups excluding tert-OH is 2. The van der Waals surface area contributed by atoms with Crippen LogP contribution < -0.4 is 0 Å². The molecule has 21 heavy (non-hydrogen) atoms. The van der Waals surface area contributed by atoms with Gasteiger partial charge < -0.3 is 15.1 Å². The third-order valence-corrected chi connectivity index (χ3v) is 4.15. The van der Waals surface area contributed by atoms with Crippen molar-refractivity contribution in [2.75, 3.05) is 26.3 Å². The lowest BCUT2D eigenvalue weighted by atomic mass is 10.2. The van der Waals surface area contributed by atoms with Crippen LogP contribution in [0.25, 0.3) is 0 Å². The minimum Gasteiger partial charge on any atom is -0.395 e. The number of hydrogen-bond donors (Lipinski definition) is 2. The van der Waals surface area contributed by atoms with Crippen molar-refractivity contribution in [3.63, 3.8) is 0 Å². The normalized spacial score (nSPS) is 10.1. The summed E-state index contributed by atoms with van der Waals surface area (Å²) >= 11 is 1.38. The number of nitrogens with zero attached hydrogens (tertiary/aromatic N) is 1. The fraction of sp³-hybridized carbons (Fsp3) is 0.562. The van der Waals surface area contributed by atoms with Crippen LogP contribution in [0.3, 0.4) is 0 Å². The van der Waals surface area contributed by atoms with Crippen molar-refractivity contribution >= 4 is 17.2 Å². The first-order valence-electron chi connectivity index (χ1n) is 7.24. The lowest BCUT2D eigenvalue weighted by Gasteiger charge is -2.20. The highest BCUT2D eigenvalue weighted by molar-refractivity contribution is 7.14. The predicted molar refractivity (Wildman–Crippen MR) is 85.5 cm³/mol. The number of aliphatic hydroxyl groups is 2. The van der Waals surface area contributed by atoms with Crippen molar-refractivity contribution in [1.29, 1.82) is 0 Å². The van der Waals surface area contributed by atoms with Gasteiger partial charge in [0.1, 0.15) is 0 Å². The van der Waals surface area contributed by atoms with Crippen LogP contribution in [0.15, 0.2) is 6.07 Å². The third-order valence-electron chi connectivity index (χ3n) is 3.01. The zero-order valence-corrected chi connectivity index (χ0v) is 13.5. The van der Waals surface area contributed by atoms with Gasteiger partial charge in [-0.1, -0.05) is 25.2 Å². The molecule has 1 rings (SSSR count). The van der Waals surface area contributed by atoms with Crippen LogP contribution in [-0.4, -0.2) is 47.3 Å². The van der Waals surface area contributed by atoms with E-state index in [9.17, 15) is 4.79 Å². The van der Waals surface area contributed by atoms with Crippen molar-refractivity contribution in [2.24, 2.45) is 0 Å². The Balaban J connectivity index is 2.85. The van der Waals surface area contributed by atoms with E-state index in [2.05, 4.69) is 18.8 Å². The predicted octanol–water partition coefficient (Wildman–Crippen LogP) is 2.03. The first-order chi connectivity index (χ1) is 10.1. The fourth-order valence-corrected chi connectivity index (χ4v) is 2.87. The molecular formula is C16H23NO3S. The summed E-state index contributed by atoms with van der Waals surface area (Å²) in [7, 11) is 0. The third kappa shape index (κ3) is 5.50. The Labute approximate surface area is 130 Å². The van der Waals surface area contributed by atoms with E-state index in [1.807, 2.05) is 13.0 Å². The highest BCUT2D eigenvalue weighted by Crippen LogP contribution is 2.22. The maximum atomic E-state index is 12.5. The molecule has 1 amide bonds. The summed E-state index contributed by atoms with van der Waals surface area (Å²) in [5.74, 6) is 5.83. The quantitative estimate of drug-likeness (QED) is 0.758. The average molecular weight is 309 g/mol. The Morgan fingerprint density at radius 1 is 1.33 bits per heavy atom. The highest BCUT2D eigenvalue weighted by Gasteiger charge is 2.18. The van der Waals surface area contributed by atoms with Gasteiger partial charge in [-0.15, -0.1) is 11.3 Å². The fourth-order valence-electron chi connectivity index (χ4n) is 1.85. The largest absolute Gasteiger partial charge is 0.395 e. The van der Waals surface area contributed by atoms with Crippen LogP contribution >= 0.6 is 11.3 Å². The Morgan fingerprint density at radius 3 is 2.71 bits per heavy atom. The van der Waals surface area contributed by atoms with Crippen LogP contribution in [0.4, 0.5) is 0 Å². The van der Waals surface area contributed by atoms with Crippen LogP contribution in [0.5, 0.6) is 0 Å². The number of rotatable bonds is 7. The van der Waals surface area contributed by atoms with Gasteiger partial charge in [0.2, 0.25) is 0 Å². The molecule has 0 radical (unpaired) electrons. The SMILES string of the molecule is CCCCN(CCO)C(=O)c1cc(C)c(C#CCCO)s1. The summed E-state index contributed by atoms with van der Waals surface area (Å²) in [4.78, 5) is 15.7. The van der Waals surface area contributed by atoms with E-state index in [4.69, 9.17) is 10.2 Å². The smallest absolute Gasteiger partial charge is 0.264 e. The molecule has 116 valence electrons. The molecule has 1 heterocycles. The first-order valence-corrected chi connectivity index (χ1v) is 8.06. The van der Waals surface area contributed by atoms with E-state index in [1.54, 1.807) is 4.90 Å². The molecule has 5 heteroatoms. The monoisotopic (exact) mass is 309 g/mol. The topological polar surface area (TPSA) is 60.8 Å². The lowest BCUT2D eigenvalue weighted by Crippen LogP contribution is -2.33. The Morgan fingerprint density at radius 2 is 2.10 bits per heavy atom. The van der Waals surface area contributed by atoms with E-state index in [0.717, 1.165) is 23.3 Å². The van der Waals surface area contributed by atoms with Gasteiger partial charge in [-0.3, -0.25) is 4.79 Å². The summed E-state index contributed by atoms with van der Waals surface area (Å²) in [6, 6.07) is 1.85. The van der Waals surface area contributed by atoms with Gasteiger partial charge in [-0.05, 0) is 25.0 Å². The van der Waals surface area contributed by atoms with E-state index < -0.39 is 0 Å². The Kier molecular flexibility index (Phi) is 8.06. The summed E-state index contributed by atoms with van der Waals surface area (Å²) in [6.07, 6.45) is 2.38. The second kappa shape index (κ2) is 9.56. The van der Waals surface area contributed by atoms with Gasteiger partial charge in [0.05, 0.1) is 23.0 Å². The van der Waals surface area contributed by atoms with E-state index >= 15 is 0 Å². The van der Waals surface area contributed by atoms with Gasteiger partial charge in [0.15, 0.2) is 0 Å². The molecule has 0 spiro atoms. The van der Waals surface area contributed by atoms with E-state index in [1.165, 1.54) is 11.3 Å². The minimum atomic E-state index is -0.0409. The number of unbranched alkanes of at least 4 members (excludes halogenated alkanes) is 1. The second-order valence-electron chi connectivity index (χ2n) is 4.77. The molecule has 0 bridgehead atoms. The van der Waals surface area contributed by atoms with Crippen LogP contribution in [0.2, 0.25) is 0 Å². The van der Waals surface area contributed by atoms with Gasteiger partial charge >= 0.3 is 0 Å². The molecule has 0 unspecified atom stereocenters. The van der Waals surface area contributed by atoms with Gasteiger partial charge in [-0.2, -0.15) is 0 Å². The molecule has 0 aromatic carbocycles. The molecule has 1 aromatic heterocycles. The van der Waals surface area contributed by atoms with E-state index in [0.29, 0.717) is 24.4 Å². The van der Waals surface area contributed by atoms with Gasteiger partial charge in [-0.25, -0.2) is 0 Å². The number of hydrogen-bond acceptors (Lipinski definition) is 4. The minimum absolute atomic E-state index is 0.0248. The van der Waals surface area contributed by atoms with Gasteiger partial charge in [0.25, 0.3) is 5.91 Å². The van der Waals surface area contributed by atoms with Crippen molar-refractivity contribution in [2.45, 2.75) is 33.1 Å². The summed E-state index contributed by atoms with van der Waals surface area (Å²) in [5.41, 5.74) is 0.980. The Hall–Kier alpha value is -1.35. The van der Waals surface area contributed by atoms with Crippen LogP contribution in [0.1, 0.15) is 46.3 Å². The molecule has 4 nitrogen and oxygen atoms in total. The summed E-state index contributed by atoms with van der Waals surface area (Å²) in [5, 5.41) is 17.8. The highest BCUT2D eigenvalue weighted by atomic mass is 32.1. The average Bonchev–Trinajstić information content (AvgIpc) is 2.84. The maximum absolute atomic E-state index is 12.5. The molecule has 0 aliphatic rings. The number of carbonyl (C=O) groups excluding carboxylic acids is 1. The summed E-state index contributed by atoms with van der Waals surface area (Å²) in [6.45, 7) is 5.05. The first kappa shape index (κ1) is 17.7. The molecule has 0 saturated heterocycles. The second-order valence-corrected chi connectivity index (χ2v) is 5.82. The Bertz CT molecular complexity index is 513. The number of carbonyl (C=O) groups is 1. The molecule has 0 aliphatic heterocycles. The lowest BCUT2D eigenvalue weighted by molar-refractivity contribution is 0.0724. The van der Waals surface area contributed by atoms with Crippen molar-refractivity contribution in [3.8, 4) is 11.8 Å². The number of amides is 1. The standard InChI is InChI=1S/C16H23NO3S/c1-3-4-8-17(9-11-19)16(20)15-12-13(2)14(21-15)7-5-6-10-18/h12,18-19H,3-4,6,8-11H2,1-2H3. The van der Waals surface area contributed by atoms with E-state index in [-0.39, 0.29) is 19.1 Å². The van der Waals surface area contributed by atoms with Crippen molar-refractivity contribution in [3.05, 3.63) is 21.4 Å². The molecule has 0 atom stereocenters. The number of thiophene rings is 1. The molecule has 0 saturated carbocycles. The van der Waals surface area contributed by atoms with Crippen LogP contribution in [0, 0.1) is 18.8 Å². The molecule has 0 fully saturated rings. The van der Waals surface area contributed by atoms with Crippen molar-refractivity contribution in [1.82, 2.24) is 4.90 Å².